The van der Waals surface area contributed by atoms with Gasteiger partial charge in [0.15, 0.2) is 0 Å². The Morgan fingerprint density at radius 2 is 1.71 bits per heavy atom. The fourth-order valence-corrected chi connectivity index (χ4v) is 4.42. The predicted octanol–water partition coefficient (Wildman–Crippen LogP) is 2.28. The van der Waals surface area contributed by atoms with Gasteiger partial charge in [-0.2, -0.15) is 0 Å². The molecule has 182 valence electrons. The van der Waals surface area contributed by atoms with E-state index in [4.69, 9.17) is 5.73 Å². The van der Waals surface area contributed by atoms with Crippen LogP contribution in [0.3, 0.4) is 0 Å². The number of primary amides is 1. The first-order valence-corrected chi connectivity index (χ1v) is 12.1. The zero-order chi connectivity index (χ0) is 24.8. The van der Waals surface area contributed by atoms with Crippen molar-refractivity contribution in [3.63, 3.8) is 0 Å². The van der Waals surface area contributed by atoms with E-state index in [2.05, 4.69) is 31.1 Å². The zero-order valence-electron chi connectivity index (χ0n) is 19.2. The molecule has 1 aromatic heterocycles. The lowest BCUT2D eigenvalue weighted by molar-refractivity contribution is -0.113. The number of carbonyl (C=O) groups excluding carboxylic acids is 3. The number of nitrogens with one attached hydrogen (secondary N) is 2. The molecule has 1 aliphatic rings. The first kappa shape index (κ1) is 24.2. The topological polar surface area (TPSA) is 148 Å². The second kappa shape index (κ2) is 11.0. The molecule has 0 saturated carbocycles. The molecule has 4 rings (SSSR count). The summed E-state index contributed by atoms with van der Waals surface area (Å²) in [7, 11) is 1.70. The molecule has 3 amide bonds. The van der Waals surface area contributed by atoms with Gasteiger partial charge in [-0.05, 0) is 72.2 Å². The van der Waals surface area contributed by atoms with Crippen LogP contribution >= 0.6 is 11.8 Å². The maximum absolute atomic E-state index is 13.0. The maximum atomic E-state index is 13.0. The first-order chi connectivity index (χ1) is 16.9. The molecular formula is C23H26N8O3S. The summed E-state index contributed by atoms with van der Waals surface area (Å²) < 4.78 is 1.49. The summed E-state index contributed by atoms with van der Waals surface area (Å²) in [4.78, 5) is 39.1. The minimum Gasteiger partial charge on any atom is -0.370 e. The minimum atomic E-state index is -0.556. The molecule has 0 atom stereocenters. The van der Waals surface area contributed by atoms with Crippen LogP contribution in [0, 0.1) is 0 Å². The lowest BCUT2D eigenvalue weighted by atomic mass is 10.1. The van der Waals surface area contributed by atoms with Crippen LogP contribution in [0.15, 0.2) is 47.6 Å². The Kier molecular flexibility index (Phi) is 7.60. The van der Waals surface area contributed by atoms with Crippen molar-refractivity contribution >= 4 is 46.5 Å². The molecule has 1 fully saturated rings. The summed E-state index contributed by atoms with van der Waals surface area (Å²) in [5.74, 6) is -0.955. The van der Waals surface area contributed by atoms with E-state index in [1.807, 2.05) is 6.07 Å². The molecule has 0 radical (unpaired) electrons. The first-order valence-electron chi connectivity index (χ1n) is 11.2. The van der Waals surface area contributed by atoms with Crippen LogP contribution in [-0.2, 0) is 11.8 Å². The van der Waals surface area contributed by atoms with Gasteiger partial charge in [0.25, 0.3) is 5.91 Å². The average Bonchev–Trinajstić information content (AvgIpc) is 3.28. The number of anilines is 3. The van der Waals surface area contributed by atoms with Crippen molar-refractivity contribution in [1.82, 2.24) is 20.2 Å². The third-order valence-corrected chi connectivity index (χ3v) is 6.58. The predicted molar refractivity (Wildman–Crippen MR) is 134 cm³/mol. The largest absolute Gasteiger partial charge is 0.370 e. The summed E-state index contributed by atoms with van der Waals surface area (Å²) in [6.45, 7) is 1.78. The summed E-state index contributed by atoms with van der Waals surface area (Å²) >= 11 is 1.22. The summed E-state index contributed by atoms with van der Waals surface area (Å²) in [5, 5.41) is 17.3. The molecule has 0 aliphatic carbocycles. The highest BCUT2D eigenvalue weighted by Gasteiger charge is 2.18. The van der Waals surface area contributed by atoms with Gasteiger partial charge in [0, 0.05) is 37.0 Å². The van der Waals surface area contributed by atoms with E-state index in [1.165, 1.54) is 22.9 Å². The normalized spacial score (nSPS) is 13.3. The van der Waals surface area contributed by atoms with Crippen molar-refractivity contribution in [2.75, 3.05) is 34.4 Å². The van der Waals surface area contributed by atoms with E-state index < -0.39 is 5.91 Å². The van der Waals surface area contributed by atoms with Crippen molar-refractivity contribution in [1.29, 1.82) is 0 Å². The van der Waals surface area contributed by atoms with Gasteiger partial charge in [0.1, 0.15) is 0 Å². The molecular weight excluding hydrogens is 468 g/mol. The van der Waals surface area contributed by atoms with E-state index in [0.717, 1.165) is 31.6 Å². The number of tetrazole rings is 1. The van der Waals surface area contributed by atoms with E-state index in [1.54, 1.807) is 43.4 Å². The third-order valence-electron chi connectivity index (χ3n) is 5.57. The molecule has 2 aromatic carbocycles. The SMILES string of the molecule is Cn1nnnc1SCC(=O)Nc1ccc(C(=O)Nc2cc(C(N)=O)ccc2N2CCCCC2)cc1. The number of carbonyl (C=O) groups is 3. The Morgan fingerprint density at radius 3 is 2.37 bits per heavy atom. The van der Waals surface area contributed by atoms with Gasteiger partial charge < -0.3 is 21.3 Å². The molecule has 2 heterocycles. The van der Waals surface area contributed by atoms with Crippen molar-refractivity contribution in [2.45, 2.75) is 24.4 Å². The van der Waals surface area contributed by atoms with Gasteiger partial charge in [-0.1, -0.05) is 11.8 Å². The lowest BCUT2D eigenvalue weighted by Gasteiger charge is -2.30. The summed E-state index contributed by atoms with van der Waals surface area (Å²) in [6.07, 6.45) is 3.33. The second-order valence-electron chi connectivity index (χ2n) is 8.10. The van der Waals surface area contributed by atoms with Gasteiger partial charge in [0.05, 0.1) is 17.1 Å². The number of piperidine rings is 1. The summed E-state index contributed by atoms with van der Waals surface area (Å²) in [6, 6.07) is 11.7. The average molecular weight is 495 g/mol. The second-order valence-corrected chi connectivity index (χ2v) is 9.04. The summed E-state index contributed by atoms with van der Waals surface area (Å²) in [5.41, 5.74) is 8.16. The van der Waals surface area contributed by atoms with Crippen molar-refractivity contribution in [3.05, 3.63) is 53.6 Å². The van der Waals surface area contributed by atoms with Gasteiger partial charge in [-0.25, -0.2) is 4.68 Å². The Bertz CT molecular complexity index is 1220. The number of rotatable bonds is 8. The molecule has 1 saturated heterocycles. The quantitative estimate of drug-likeness (QED) is 0.404. The Balaban J connectivity index is 1.41. The highest BCUT2D eigenvalue weighted by molar-refractivity contribution is 7.99. The number of hydrogen-bond acceptors (Lipinski definition) is 8. The number of aromatic nitrogens is 4. The fourth-order valence-electron chi connectivity index (χ4n) is 3.77. The van der Waals surface area contributed by atoms with Gasteiger partial charge in [0.2, 0.25) is 17.0 Å². The number of nitrogens with zero attached hydrogens (tertiary/aromatic N) is 5. The molecule has 35 heavy (non-hydrogen) atoms. The molecule has 0 spiro atoms. The molecule has 0 unspecified atom stereocenters. The van der Waals surface area contributed by atoms with Crippen LogP contribution in [0.4, 0.5) is 17.1 Å². The molecule has 1 aliphatic heterocycles. The number of benzene rings is 2. The fraction of sp³-hybridized carbons (Fsp3) is 0.304. The van der Waals surface area contributed by atoms with Crippen LogP contribution in [-0.4, -0.2) is 56.8 Å². The Labute approximate surface area is 206 Å². The van der Waals surface area contributed by atoms with Crippen molar-refractivity contribution < 1.29 is 14.4 Å². The van der Waals surface area contributed by atoms with Gasteiger partial charge in [-0.15, -0.1) is 5.10 Å². The maximum Gasteiger partial charge on any atom is 0.255 e. The van der Waals surface area contributed by atoms with Crippen molar-refractivity contribution in [3.8, 4) is 0 Å². The zero-order valence-corrected chi connectivity index (χ0v) is 20.0. The molecule has 12 heteroatoms. The highest BCUT2D eigenvalue weighted by atomic mass is 32.2. The molecule has 3 aromatic rings. The minimum absolute atomic E-state index is 0.145. The molecule has 11 nitrogen and oxygen atoms in total. The Morgan fingerprint density at radius 1 is 1.00 bits per heavy atom. The van der Waals surface area contributed by atoms with Gasteiger partial charge in [-0.3, -0.25) is 14.4 Å². The standard InChI is InChI=1S/C23H26N8O3S/c1-30-23(27-28-29-30)35-14-20(32)25-17-8-5-15(6-9-17)22(34)26-18-13-16(21(24)33)7-10-19(18)31-11-3-2-4-12-31/h5-10,13H,2-4,11-12,14H2,1H3,(H2,24,33)(H,25,32)(H,26,34). The van der Waals surface area contributed by atoms with E-state index in [-0.39, 0.29) is 17.6 Å². The van der Waals surface area contributed by atoms with Crippen LogP contribution in [0.2, 0.25) is 0 Å². The van der Waals surface area contributed by atoms with E-state index in [0.29, 0.717) is 27.7 Å². The molecule has 4 N–H and O–H groups in total. The van der Waals surface area contributed by atoms with Crippen LogP contribution in [0.5, 0.6) is 0 Å². The van der Waals surface area contributed by atoms with E-state index >= 15 is 0 Å². The third kappa shape index (κ3) is 6.15. The number of amides is 3. The smallest absolute Gasteiger partial charge is 0.255 e. The van der Waals surface area contributed by atoms with Crippen molar-refractivity contribution in [2.24, 2.45) is 12.8 Å². The Hall–Kier alpha value is -3.93. The monoisotopic (exact) mass is 494 g/mol. The number of nitrogens with two attached hydrogens (primary N) is 1. The van der Waals surface area contributed by atoms with E-state index in [9.17, 15) is 14.4 Å². The highest BCUT2D eigenvalue weighted by Crippen LogP contribution is 2.30. The van der Waals surface area contributed by atoms with Crippen LogP contribution < -0.4 is 21.3 Å². The number of thioether (sulfide) groups is 1. The molecule has 0 bridgehead atoms. The number of aryl methyl sites for hydroxylation is 1. The number of hydrogen-bond donors (Lipinski definition) is 3. The van der Waals surface area contributed by atoms with Crippen LogP contribution in [0.1, 0.15) is 40.0 Å². The lowest BCUT2D eigenvalue weighted by Crippen LogP contribution is -2.30. The van der Waals surface area contributed by atoms with Crippen LogP contribution in [0.25, 0.3) is 0 Å². The van der Waals surface area contributed by atoms with Gasteiger partial charge >= 0.3 is 0 Å².